The first kappa shape index (κ1) is 15.1. The molecule has 110 valence electrons. The number of rotatable bonds is 4. The molecule has 0 aliphatic rings. The summed E-state index contributed by atoms with van der Waals surface area (Å²) >= 11 is 0. The van der Waals surface area contributed by atoms with E-state index in [4.69, 9.17) is 11.1 Å². The van der Waals surface area contributed by atoms with Gasteiger partial charge in [0.15, 0.2) is 0 Å². The van der Waals surface area contributed by atoms with Gasteiger partial charge in [-0.3, -0.25) is 10.1 Å². The molecule has 0 aliphatic heterocycles. The molecular weight excluding hydrogens is 286 g/mol. The fourth-order valence-electron chi connectivity index (χ4n) is 2.06. The quantitative estimate of drug-likeness (QED) is 0.597. The molecule has 0 amide bonds. The first-order valence-corrected chi connectivity index (χ1v) is 7.82. The van der Waals surface area contributed by atoms with Gasteiger partial charge in [0.05, 0.1) is 4.90 Å². The Morgan fingerprint density at radius 2 is 1.86 bits per heavy atom. The summed E-state index contributed by atoms with van der Waals surface area (Å²) in [5, 5.41) is 7.39. The minimum absolute atomic E-state index is 0.109. The molecule has 2 rings (SSSR count). The summed E-state index contributed by atoms with van der Waals surface area (Å²) in [5.41, 5.74) is 7.94. The highest BCUT2D eigenvalue weighted by Crippen LogP contribution is 2.20. The van der Waals surface area contributed by atoms with Crippen LogP contribution in [0.5, 0.6) is 0 Å². The van der Waals surface area contributed by atoms with Gasteiger partial charge in [-0.15, -0.1) is 0 Å². The van der Waals surface area contributed by atoms with E-state index >= 15 is 0 Å². The second-order valence-corrected chi connectivity index (χ2v) is 6.52. The lowest BCUT2D eigenvalue weighted by Crippen LogP contribution is -2.16. The number of nitrogens with two attached hydrogens (primary N) is 1. The Labute approximate surface area is 124 Å². The Kier molecular flexibility index (Phi) is 3.99. The van der Waals surface area contributed by atoms with Crippen molar-refractivity contribution >= 4 is 21.5 Å². The van der Waals surface area contributed by atoms with Crippen molar-refractivity contribution in [3.05, 3.63) is 59.2 Å². The molecule has 0 heterocycles. The molecule has 4 N–H and O–H groups in total. The molecule has 0 unspecified atom stereocenters. The van der Waals surface area contributed by atoms with Crippen LogP contribution in [0.25, 0.3) is 0 Å². The molecule has 0 saturated heterocycles. The maximum Gasteiger partial charge on any atom is 0.262 e. The van der Waals surface area contributed by atoms with Crippen LogP contribution in [0, 0.1) is 19.3 Å². The van der Waals surface area contributed by atoms with E-state index in [1.54, 1.807) is 37.3 Å². The minimum atomic E-state index is -3.66. The number of amidine groups is 1. The van der Waals surface area contributed by atoms with Gasteiger partial charge in [0.1, 0.15) is 5.84 Å². The van der Waals surface area contributed by atoms with E-state index in [0.29, 0.717) is 16.8 Å². The highest BCUT2D eigenvalue weighted by molar-refractivity contribution is 7.92. The average molecular weight is 303 g/mol. The van der Waals surface area contributed by atoms with Gasteiger partial charge >= 0.3 is 0 Å². The van der Waals surface area contributed by atoms with E-state index in [9.17, 15) is 8.42 Å². The third-order valence-corrected chi connectivity index (χ3v) is 4.59. The summed E-state index contributed by atoms with van der Waals surface area (Å²) in [6, 6.07) is 11.6. The van der Waals surface area contributed by atoms with Crippen molar-refractivity contribution < 1.29 is 8.42 Å². The topological polar surface area (TPSA) is 96.0 Å². The predicted octanol–water partition coefficient (Wildman–Crippen LogP) is 2.39. The van der Waals surface area contributed by atoms with Gasteiger partial charge < -0.3 is 5.73 Å². The molecule has 0 bridgehead atoms. The highest BCUT2D eigenvalue weighted by atomic mass is 32.2. The lowest BCUT2D eigenvalue weighted by molar-refractivity contribution is 0.600. The number of anilines is 1. The molecule has 21 heavy (non-hydrogen) atoms. The largest absolute Gasteiger partial charge is 0.384 e. The van der Waals surface area contributed by atoms with Gasteiger partial charge in [-0.05, 0) is 37.6 Å². The SMILES string of the molecule is Cc1ccc(S(=O)(=O)Nc2cccc(C(=N)N)c2)c(C)c1. The number of hydrogen-bond donors (Lipinski definition) is 3. The Hall–Kier alpha value is -2.34. The molecule has 2 aromatic carbocycles. The number of nitrogen functional groups attached to an aromatic ring is 1. The summed E-state index contributed by atoms with van der Waals surface area (Å²) in [7, 11) is -3.66. The van der Waals surface area contributed by atoms with Gasteiger partial charge in [0.25, 0.3) is 10.0 Å². The van der Waals surface area contributed by atoms with Gasteiger partial charge in [0, 0.05) is 11.3 Å². The number of sulfonamides is 1. The van der Waals surface area contributed by atoms with E-state index in [1.165, 1.54) is 6.07 Å². The van der Waals surface area contributed by atoms with Gasteiger partial charge in [-0.1, -0.05) is 29.8 Å². The van der Waals surface area contributed by atoms with Crippen LogP contribution in [0.3, 0.4) is 0 Å². The van der Waals surface area contributed by atoms with Crippen LogP contribution < -0.4 is 10.5 Å². The van der Waals surface area contributed by atoms with Gasteiger partial charge in [0.2, 0.25) is 0 Å². The molecule has 2 aromatic rings. The van der Waals surface area contributed by atoms with Crippen LogP contribution in [0.15, 0.2) is 47.4 Å². The Bertz CT molecular complexity index is 798. The third-order valence-electron chi connectivity index (χ3n) is 3.05. The van der Waals surface area contributed by atoms with E-state index in [0.717, 1.165) is 5.56 Å². The summed E-state index contributed by atoms with van der Waals surface area (Å²) in [4.78, 5) is 0.237. The molecule has 0 radical (unpaired) electrons. The predicted molar refractivity (Wildman–Crippen MR) is 84.2 cm³/mol. The smallest absolute Gasteiger partial charge is 0.262 e. The van der Waals surface area contributed by atoms with Crippen LogP contribution in [-0.4, -0.2) is 14.3 Å². The van der Waals surface area contributed by atoms with Crippen molar-refractivity contribution in [2.75, 3.05) is 4.72 Å². The van der Waals surface area contributed by atoms with E-state index in [1.807, 2.05) is 13.0 Å². The maximum absolute atomic E-state index is 12.4. The molecule has 6 heteroatoms. The zero-order valence-electron chi connectivity index (χ0n) is 11.8. The van der Waals surface area contributed by atoms with Crippen LogP contribution in [-0.2, 0) is 10.0 Å². The number of benzene rings is 2. The van der Waals surface area contributed by atoms with Crippen LogP contribution in [0.1, 0.15) is 16.7 Å². The maximum atomic E-state index is 12.4. The lowest BCUT2D eigenvalue weighted by Gasteiger charge is -2.11. The zero-order chi connectivity index (χ0) is 15.6. The first-order chi connectivity index (χ1) is 9.79. The second-order valence-electron chi connectivity index (χ2n) is 4.87. The number of nitrogens with one attached hydrogen (secondary N) is 2. The minimum Gasteiger partial charge on any atom is -0.384 e. The van der Waals surface area contributed by atoms with Crippen molar-refractivity contribution in [3.63, 3.8) is 0 Å². The summed E-state index contributed by atoms with van der Waals surface area (Å²) in [6.07, 6.45) is 0. The van der Waals surface area contributed by atoms with E-state index < -0.39 is 10.0 Å². The van der Waals surface area contributed by atoms with Gasteiger partial charge in [-0.2, -0.15) is 0 Å². The molecule has 0 fully saturated rings. The van der Waals surface area contributed by atoms with Crippen LogP contribution in [0.4, 0.5) is 5.69 Å². The normalized spacial score (nSPS) is 11.1. The monoisotopic (exact) mass is 303 g/mol. The summed E-state index contributed by atoms with van der Waals surface area (Å²) in [6.45, 7) is 3.67. The van der Waals surface area contributed by atoms with Gasteiger partial charge in [-0.25, -0.2) is 8.42 Å². The molecule has 0 aliphatic carbocycles. The fraction of sp³-hybridized carbons (Fsp3) is 0.133. The summed E-state index contributed by atoms with van der Waals surface area (Å²) in [5.74, 6) is -0.109. The zero-order valence-corrected chi connectivity index (χ0v) is 12.7. The van der Waals surface area contributed by atoms with Crippen molar-refractivity contribution in [1.29, 1.82) is 5.41 Å². The number of hydrogen-bond acceptors (Lipinski definition) is 3. The van der Waals surface area contributed by atoms with Crippen molar-refractivity contribution in [2.45, 2.75) is 18.7 Å². The Morgan fingerprint density at radius 3 is 2.48 bits per heavy atom. The standard InChI is InChI=1S/C15H17N3O2S/c1-10-6-7-14(11(2)8-10)21(19,20)18-13-5-3-4-12(9-13)15(16)17/h3-9,18H,1-2H3,(H3,16,17). The highest BCUT2D eigenvalue weighted by Gasteiger charge is 2.17. The van der Waals surface area contributed by atoms with Crippen LogP contribution in [0.2, 0.25) is 0 Å². The Morgan fingerprint density at radius 1 is 1.14 bits per heavy atom. The second kappa shape index (κ2) is 5.57. The molecular formula is C15H17N3O2S. The first-order valence-electron chi connectivity index (χ1n) is 6.34. The number of aryl methyl sites for hydroxylation is 2. The molecule has 5 nitrogen and oxygen atoms in total. The van der Waals surface area contributed by atoms with Crippen molar-refractivity contribution in [2.24, 2.45) is 5.73 Å². The van der Waals surface area contributed by atoms with Crippen molar-refractivity contribution in [3.8, 4) is 0 Å². The fourth-order valence-corrected chi connectivity index (χ4v) is 3.34. The Balaban J connectivity index is 2.37. The molecule has 0 spiro atoms. The molecule has 0 saturated carbocycles. The van der Waals surface area contributed by atoms with Crippen LogP contribution >= 0.6 is 0 Å². The lowest BCUT2D eigenvalue weighted by atomic mass is 10.2. The van der Waals surface area contributed by atoms with E-state index in [2.05, 4.69) is 4.72 Å². The van der Waals surface area contributed by atoms with Crippen molar-refractivity contribution in [1.82, 2.24) is 0 Å². The summed E-state index contributed by atoms with van der Waals surface area (Å²) < 4.78 is 27.3. The van der Waals surface area contributed by atoms with E-state index in [-0.39, 0.29) is 10.7 Å². The molecule has 0 atom stereocenters. The molecule has 0 aromatic heterocycles. The average Bonchev–Trinajstić information content (AvgIpc) is 2.37. The third kappa shape index (κ3) is 3.41.